The molecule has 0 radical (unpaired) electrons. The van der Waals surface area contributed by atoms with Gasteiger partial charge in [0.25, 0.3) is 5.91 Å². The van der Waals surface area contributed by atoms with E-state index in [1.54, 1.807) is 47.0 Å². The van der Waals surface area contributed by atoms with Gasteiger partial charge in [-0.2, -0.15) is 5.10 Å². The maximum absolute atomic E-state index is 15.7. The normalized spacial score (nSPS) is 18.1. The van der Waals surface area contributed by atoms with Gasteiger partial charge in [0.2, 0.25) is 17.7 Å². The number of likely N-dealkylation sites (tertiary alicyclic amines) is 1. The van der Waals surface area contributed by atoms with Crippen molar-refractivity contribution in [2.24, 2.45) is 17.1 Å². The highest BCUT2D eigenvalue weighted by Crippen LogP contribution is 2.41. The number of β-amino-alcohol motifs (C(OH)–C–C–N with tert-alkyl or cyclic N) is 1. The Labute approximate surface area is 434 Å². The van der Waals surface area contributed by atoms with Crippen molar-refractivity contribution in [3.63, 3.8) is 0 Å². The number of unbranched alkanes of at least 4 members (excludes halogenated alkanes) is 3. The van der Waals surface area contributed by atoms with E-state index in [2.05, 4.69) is 36.1 Å². The molecule has 1 unspecified atom stereocenters. The van der Waals surface area contributed by atoms with Crippen LogP contribution in [0.25, 0.3) is 27.3 Å². The van der Waals surface area contributed by atoms with Crippen LogP contribution in [0.3, 0.4) is 0 Å². The maximum atomic E-state index is 15.7. The summed E-state index contributed by atoms with van der Waals surface area (Å²) in [6.45, 7) is 10.9. The van der Waals surface area contributed by atoms with E-state index >= 15 is 4.39 Å². The molecule has 0 spiro atoms. The van der Waals surface area contributed by atoms with Crippen LogP contribution in [-0.4, -0.2) is 137 Å². The Hall–Kier alpha value is -6.61. The monoisotopic (exact) mass is 1030 g/mol. The molecule has 3 fully saturated rings. The minimum Gasteiger partial charge on any atom is -0.391 e. The number of hydrogen-bond donors (Lipinski definition) is 6. The maximum Gasteiger partial charge on any atom is 0.254 e. The number of aromatic nitrogens is 6. The number of thiazole rings is 1. The summed E-state index contributed by atoms with van der Waals surface area (Å²) in [5.41, 5.74) is 14.7. The lowest BCUT2D eigenvalue weighted by atomic mass is 9.74. The second kappa shape index (κ2) is 22.9. The van der Waals surface area contributed by atoms with E-state index in [4.69, 9.17) is 10.7 Å². The molecule has 4 atom stereocenters. The quantitative estimate of drug-likeness (QED) is 0.0456. The van der Waals surface area contributed by atoms with Gasteiger partial charge >= 0.3 is 0 Å². The average Bonchev–Trinajstić information content (AvgIpc) is 3.70. The van der Waals surface area contributed by atoms with Crippen LogP contribution in [0.15, 0.2) is 72.8 Å². The highest BCUT2D eigenvalue weighted by molar-refractivity contribution is 7.13. The molecule has 3 aliphatic rings. The highest BCUT2D eigenvalue weighted by Gasteiger charge is 2.45. The summed E-state index contributed by atoms with van der Waals surface area (Å²) in [4.78, 5) is 74.3. The van der Waals surface area contributed by atoms with Crippen molar-refractivity contribution in [2.45, 2.75) is 110 Å². The molecule has 4 aromatic heterocycles. The van der Waals surface area contributed by atoms with Gasteiger partial charge in [-0.3, -0.25) is 33.6 Å². The number of H-pyrrole nitrogens is 1. The molecule has 18 nitrogen and oxygen atoms in total. The Morgan fingerprint density at radius 2 is 1.73 bits per heavy atom. The average molecular weight is 1030 g/mol. The zero-order valence-corrected chi connectivity index (χ0v) is 43.5. The molecule has 392 valence electrons. The van der Waals surface area contributed by atoms with Gasteiger partial charge in [-0.1, -0.05) is 64.3 Å². The number of nitrogens with zero attached hydrogens (tertiary/aromatic N) is 8. The number of aliphatic hydroxyl groups is 1. The Morgan fingerprint density at radius 1 is 0.959 bits per heavy atom. The predicted octanol–water partition coefficient (Wildman–Crippen LogP) is 6.40. The van der Waals surface area contributed by atoms with Crippen LogP contribution in [0.5, 0.6) is 0 Å². The summed E-state index contributed by atoms with van der Waals surface area (Å²) in [6.07, 6.45) is 12.6. The van der Waals surface area contributed by atoms with Crippen LogP contribution in [0.1, 0.15) is 105 Å². The number of hydrogen-bond acceptors (Lipinski definition) is 13. The Bertz CT molecular complexity index is 2920. The van der Waals surface area contributed by atoms with Crippen LogP contribution in [0.2, 0.25) is 0 Å². The molecule has 20 heteroatoms. The number of piperazine rings is 1. The molecule has 1 aliphatic carbocycles. The first kappa shape index (κ1) is 52.3. The lowest BCUT2D eigenvalue weighted by Gasteiger charge is -2.38. The van der Waals surface area contributed by atoms with Crippen molar-refractivity contribution in [1.29, 1.82) is 0 Å². The molecule has 1 saturated carbocycles. The third-order valence-corrected chi connectivity index (χ3v) is 15.5. The van der Waals surface area contributed by atoms with E-state index in [9.17, 15) is 24.3 Å². The number of carbonyl (C=O) groups excluding carboxylic acids is 4. The summed E-state index contributed by atoms with van der Waals surface area (Å²) in [6, 6.07) is 11.2. The number of nitrogens with one attached hydrogen (secondary N) is 4. The summed E-state index contributed by atoms with van der Waals surface area (Å²) in [5.74, 6) is -1.23. The first-order valence-corrected chi connectivity index (χ1v) is 26.7. The molecule has 2 aliphatic heterocycles. The number of aromatic amines is 1. The van der Waals surface area contributed by atoms with Gasteiger partial charge in [-0.15, -0.1) is 11.3 Å². The number of aliphatic hydroxyl groups excluding tert-OH is 1. The van der Waals surface area contributed by atoms with Gasteiger partial charge < -0.3 is 36.6 Å². The third kappa shape index (κ3) is 12.3. The lowest BCUT2D eigenvalue weighted by molar-refractivity contribution is -0.145. The summed E-state index contributed by atoms with van der Waals surface area (Å²) in [5, 5.41) is 26.7. The fraction of sp³-hybridized carbons (Fsp3) is 0.481. The summed E-state index contributed by atoms with van der Waals surface area (Å²) >= 11 is 1.59. The van der Waals surface area contributed by atoms with E-state index in [0.29, 0.717) is 63.1 Å². The minimum atomic E-state index is -0.804. The zero-order valence-electron chi connectivity index (χ0n) is 42.7. The number of carbonyl (C=O) groups is 4. The number of amides is 4. The number of halogens is 1. The molecule has 7 N–H and O–H groups in total. The van der Waals surface area contributed by atoms with Gasteiger partial charge in [0.15, 0.2) is 11.5 Å². The topological polar surface area (TPSA) is 232 Å². The number of imidazole rings is 1. The second-order valence-corrected chi connectivity index (χ2v) is 22.0. The van der Waals surface area contributed by atoms with E-state index in [0.717, 1.165) is 77.2 Å². The van der Waals surface area contributed by atoms with E-state index in [1.165, 1.54) is 11.0 Å². The number of rotatable bonds is 20. The first-order chi connectivity index (χ1) is 35.6. The molecule has 6 aromatic rings. The second-order valence-electron chi connectivity index (χ2n) is 21.1. The molecule has 2 aromatic carbocycles. The molecule has 9 rings (SSSR count). The number of aryl methyl sites for hydroxylation is 1. The number of fused-ring (bicyclic) bond motifs is 1. The standard InChI is InChI=1S/C54H68FN13O5S/c1-33-48(74-32-60-33)36-12-10-34(11-13-36)25-59-51(71)44-24-39(69)29-68(44)53(73)47(54(2,3)4)41(56)9-7-5-6-8-18-57-46(70)31-65-19-21-66(22-20-65)52(72)37-16-17-42(40(55)23-37)63-49-50-58-28-45(38-26-61-62-27-38)67(50)30-43(64-49)35-14-15-35/h10-13,16-17,23,26-28,30,32,35,39,41,44,47,69H,5-9,14-15,18-22,24-25,29,31,56H2,1-4H3,(H,57,70)(H,59,71)(H,61,62)(H,63,64)/t39-,41?,44+,47+/m1/s1. The van der Waals surface area contributed by atoms with Crippen molar-refractivity contribution in [2.75, 3.05) is 51.1 Å². The Balaban J connectivity index is 0.673. The van der Waals surface area contributed by atoms with Crippen LogP contribution < -0.4 is 21.7 Å². The van der Waals surface area contributed by atoms with Crippen LogP contribution in [0.4, 0.5) is 15.9 Å². The summed E-state index contributed by atoms with van der Waals surface area (Å²) in [7, 11) is 0. The van der Waals surface area contributed by atoms with Crippen LogP contribution in [-0.2, 0) is 20.9 Å². The Kier molecular flexibility index (Phi) is 16.2. The molecule has 6 heterocycles. The largest absolute Gasteiger partial charge is 0.391 e. The molecule has 2 saturated heterocycles. The van der Waals surface area contributed by atoms with E-state index in [-0.39, 0.29) is 54.4 Å². The molecule has 74 heavy (non-hydrogen) atoms. The minimum absolute atomic E-state index is 0.0819. The van der Waals surface area contributed by atoms with Gasteiger partial charge in [0, 0.05) is 87.7 Å². The highest BCUT2D eigenvalue weighted by atomic mass is 32.1. The zero-order chi connectivity index (χ0) is 52.1. The summed E-state index contributed by atoms with van der Waals surface area (Å²) < 4.78 is 17.6. The fourth-order valence-corrected chi connectivity index (χ4v) is 11.1. The van der Waals surface area contributed by atoms with Crippen LogP contribution in [0, 0.1) is 24.1 Å². The number of anilines is 2. The predicted molar refractivity (Wildman–Crippen MR) is 282 cm³/mol. The van der Waals surface area contributed by atoms with Crippen molar-refractivity contribution in [3.8, 4) is 21.7 Å². The van der Waals surface area contributed by atoms with Gasteiger partial charge in [0.05, 0.1) is 64.1 Å². The first-order valence-electron chi connectivity index (χ1n) is 25.8. The number of benzene rings is 2. The van der Waals surface area contributed by atoms with E-state index in [1.807, 2.05) is 73.0 Å². The lowest BCUT2D eigenvalue weighted by Crippen LogP contribution is -2.54. The molecule has 0 bridgehead atoms. The van der Waals surface area contributed by atoms with Crippen molar-refractivity contribution in [3.05, 3.63) is 101 Å². The van der Waals surface area contributed by atoms with Gasteiger partial charge in [-0.05, 0) is 67.3 Å². The molecular weight excluding hydrogens is 962 g/mol. The van der Waals surface area contributed by atoms with Crippen molar-refractivity contribution >= 4 is 52.1 Å². The fourth-order valence-electron chi connectivity index (χ4n) is 10.3. The van der Waals surface area contributed by atoms with Crippen molar-refractivity contribution < 1.29 is 28.7 Å². The molecule has 4 amide bonds. The number of nitrogens with two attached hydrogens (primary N) is 1. The third-order valence-electron chi connectivity index (χ3n) is 14.5. The molecular formula is C54H68FN13O5S. The van der Waals surface area contributed by atoms with Crippen molar-refractivity contribution in [1.82, 2.24) is 54.9 Å². The smallest absolute Gasteiger partial charge is 0.254 e. The van der Waals surface area contributed by atoms with Gasteiger partial charge in [-0.25, -0.2) is 19.3 Å². The SMILES string of the molecule is Cc1ncsc1-c1ccc(CNC(=O)[C@@H]2C[C@@H](O)CN2C(=O)[C@H](C(N)CCCCCCNC(=O)CN2CCN(C(=O)c3ccc(Nc4nc(C5CC5)cn5c(-c6cn[nH]c6)cnc45)c(F)c3)CC2)C(C)(C)C)cc1. The Morgan fingerprint density at radius 3 is 2.42 bits per heavy atom. The van der Waals surface area contributed by atoms with E-state index < -0.39 is 35.3 Å². The van der Waals surface area contributed by atoms with Crippen LogP contribution >= 0.6 is 11.3 Å². The van der Waals surface area contributed by atoms with Gasteiger partial charge in [0.1, 0.15) is 11.9 Å².